The highest BCUT2D eigenvalue weighted by molar-refractivity contribution is 7.99. The SMILES string of the molecule is CCn1c(SCC(=O)NN=Cc2ccc(C)s2)nnc1-c1ccccc1. The highest BCUT2D eigenvalue weighted by Crippen LogP contribution is 2.23. The molecule has 26 heavy (non-hydrogen) atoms. The summed E-state index contributed by atoms with van der Waals surface area (Å²) in [5.41, 5.74) is 3.55. The lowest BCUT2D eigenvalue weighted by Crippen LogP contribution is -2.19. The molecule has 6 nitrogen and oxygen atoms in total. The number of nitrogens with one attached hydrogen (secondary N) is 1. The highest BCUT2D eigenvalue weighted by Gasteiger charge is 2.14. The van der Waals surface area contributed by atoms with E-state index in [4.69, 9.17) is 0 Å². The molecule has 3 aromatic rings. The van der Waals surface area contributed by atoms with Crippen LogP contribution in [0, 0.1) is 6.92 Å². The van der Waals surface area contributed by atoms with Gasteiger partial charge in [-0.25, -0.2) is 5.43 Å². The van der Waals surface area contributed by atoms with Gasteiger partial charge < -0.3 is 4.57 Å². The van der Waals surface area contributed by atoms with Gasteiger partial charge in [-0.05, 0) is 26.0 Å². The highest BCUT2D eigenvalue weighted by atomic mass is 32.2. The maximum Gasteiger partial charge on any atom is 0.250 e. The molecule has 0 unspecified atom stereocenters. The van der Waals surface area contributed by atoms with E-state index < -0.39 is 0 Å². The van der Waals surface area contributed by atoms with Crippen LogP contribution in [0.2, 0.25) is 0 Å². The van der Waals surface area contributed by atoms with Crippen LogP contribution in [-0.4, -0.2) is 32.6 Å². The zero-order valence-corrected chi connectivity index (χ0v) is 16.2. The quantitative estimate of drug-likeness (QED) is 0.383. The van der Waals surface area contributed by atoms with Gasteiger partial charge in [-0.15, -0.1) is 21.5 Å². The fraction of sp³-hybridized carbons (Fsp3) is 0.222. The van der Waals surface area contributed by atoms with Gasteiger partial charge in [0.1, 0.15) is 0 Å². The third-order valence-electron chi connectivity index (χ3n) is 3.54. The van der Waals surface area contributed by atoms with Crippen LogP contribution in [-0.2, 0) is 11.3 Å². The van der Waals surface area contributed by atoms with E-state index in [0.717, 1.165) is 28.0 Å². The minimum absolute atomic E-state index is 0.175. The van der Waals surface area contributed by atoms with Crippen molar-refractivity contribution in [1.82, 2.24) is 20.2 Å². The van der Waals surface area contributed by atoms with Crippen LogP contribution in [0.3, 0.4) is 0 Å². The van der Waals surface area contributed by atoms with Crippen molar-refractivity contribution < 1.29 is 4.79 Å². The summed E-state index contributed by atoms with van der Waals surface area (Å²) in [5, 5.41) is 13.2. The van der Waals surface area contributed by atoms with E-state index in [1.165, 1.54) is 16.6 Å². The van der Waals surface area contributed by atoms with Gasteiger partial charge in [-0.3, -0.25) is 4.79 Å². The smallest absolute Gasteiger partial charge is 0.250 e. The minimum atomic E-state index is -0.175. The number of benzene rings is 1. The van der Waals surface area contributed by atoms with Crippen molar-refractivity contribution in [3.05, 3.63) is 52.2 Å². The first-order chi connectivity index (χ1) is 12.7. The molecule has 8 heteroatoms. The Balaban J connectivity index is 1.58. The van der Waals surface area contributed by atoms with Crippen molar-refractivity contribution in [3.8, 4) is 11.4 Å². The summed E-state index contributed by atoms with van der Waals surface area (Å²) in [7, 11) is 0. The average Bonchev–Trinajstić information content (AvgIpc) is 3.26. The Morgan fingerprint density at radius 2 is 2.08 bits per heavy atom. The van der Waals surface area contributed by atoms with Crippen molar-refractivity contribution in [1.29, 1.82) is 0 Å². The average molecular weight is 386 g/mol. The van der Waals surface area contributed by atoms with Crippen molar-refractivity contribution in [2.45, 2.75) is 25.5 Å². The largest absolute Gasteiger partial charge is 0.302 e. The standard InChI is InChI=1S/C18H19N5OS2/c1-3-23-17(14-7-5-4-6-8-14)21-22-18(23)25-12-16(24)20-19-11-15-10-9-13(2)26-15/h4-11H,3,12H2,1-2H3,(H,20,24). The Morgan fingerprint density at radius 1 is 1.27 bits per heavy atom. The van der Waals surface area contributed by atoms with Crippen LogP contribution in [0.1, 0.15) is 16.7 Å². The number of amides is 1. The molecule has 0 spiro atoms. The molecule has 0 aliphatic carbocycles. The first-order valence-corrected chi connectivity index (χ1v) is 9.97. The lowest BCUT2D eigenvalue weighted by Gasteiger charge is -2.06. The van der Waals surface area contributed by atoms with E-state index in [2.05, 4.69) is 20.7 Å². The van der Waals surface area contributed by atoms with Gasteiger partial charge in [0.05, 0.1) is 12.0 Å². The van der Waals surface area contributed by atoms with E-state index in [0.29, 0.717) is 0 Å². The normalized spacial score (nSPS) is 11.2. The van der Waals surface area contributed by atoms with Crippen LogP contribution in [0.15, 0.2) is 52.7 Å². The van der Waals surface area contributed by atoms with E-state index >= 15 is 0 Å². The van der Waals surface area contributed by atoms with E-state index in [1.54, 1.807) is 17.6 Å². The maximum absolute atomic E-state index is 12.0. The number of thioether (sulfide) groups is 1. The van der Waals surface area contributed by atoms with Crippen molar-refractivity contribution in [3.63, 3.8) is 0 Å². The third kappa shape index (κ3) is 4.59. The zero-order chi connectivity index (χ0) is 18.4. The number of thiophene rings is 1. The summed E-state index contributed by atoms with van der Waals surface area (Å²) in [6.07, 6.45) is 1.66. The van der Waals surface area contributed by atoms with Gasteiger partial charge in [-0.2, -0.15) is 5.10 Å². The Bertz CT molecular complexity index is 901. The maximum atomic E-state index is 12.0. The predicted molar refractivity (Wildman–Crippen MR) is 107 cm³/mol. The molecule has 0 atom stereocenters. The monoisotopic (exact) mass is 385 g/mol. The number of aromatic nitrogens is 3. The van der Waals surface area contributed by atoms with Gasteiger partial charge in [0, 0.05) is 21.9 Å². The Hall–Kier alpha value is -2.45. The van der Waals surface area contributed by atoms with Crippen molar-refractivity contribution >= 4 is 35.2 Å². The van der Waals surface area contributed by atoms with Crippen LogP contribution in [0.4, 0.5) is 0 Å². The molecular formula is C18H19N5OS2. The molecular weight excluding hydrogens is 366 g/mol. The lowest BCUT2D eigenvalue weighted by molar-refractivity contribution is -0.118. The first-order valence-electron chi connectivity index (χ1n) is 8.17. The minimum Gasteiger partial charge on any atom is -0.302 e. The van der Waals surface area contributed by atoms with Crippen LogP contribution in [0.5, 0.6) is 0 Å². The Kier molecular flexibility index (Phi) is 6.19. The molecule has 1 amide bonds. The second kappa shape index (κ2) is 8.77. The summed E-state index contributed by atoms with van der Waals surface area (Å²) in [6, 6.07) is 13.9. The molecule has 0 bridgehead atoms. The number of nitrogens with zero attached hydrogens (tertiary/aromatic N) is 4. The van der Waals surface area contributed by atoms with Crippen molar-refractivity contribution in [2.75, 3.05) is 5.75 Å². The van der Waals surface area contributed by atoms with Gasteiger partial charge in [0.25, 0.3) is 5.91 Å². The Morgan fingerprint density at radius 3 is 2.77 bits per heavy atom. The van der Waals surface area contributed by atoms with Gasteiger partial charge in [0.2, 0.25) is 0 Å². The Labute approximate surface area is 160 Å². The van der Waals surface area contributed by atoms with Gasteiger partial charge in [-0.1, -0.05) is 42.1 Å². The van der Waals surface area contributed by atoms with Gasteiger partial charge >= 0.3 is 0 Å². The van der Waals surface area contributed by atoms with E-state index in [-0.39, 0.29) is 11.7 Å². The molecule has 0 saturated heterocycles. The zero-order valence-electron chi connectivity index (χ0n) is 14.5. The van der Waals surface area contributed by atoms with Crippen LogP contribution < -0.4 is 5.43 Å². The summed E-state index contributed by atoms with van der Waals surface area (Å²) in [6.45, 7) is 4.80. The molecule has 3 rings (SSSR count). The topological polar surface area (TPSA) is 72.2 Å². The number of hydrogen-bond acceptors (Lipinski definition) is 6. The number of hydrazone groups is 1. The summed E-state index contributed by atoms with van der Waals surface area (Å²) >= 11 is 2.98. The van der Waals surface area contributed by atoms with E-state index in [9.17, 15) is 4.79 Å². The molecule has 2 aromatic heterocycles. The molecule has 1 aromatic carbocycles. The number of hydrogen-bond donors (Lipinski definition) is 1. The number of rotatable bonds is 7. The first kappa shape index (κ1) is 18.3. The summed E-state index contributed by atoms with van der Waals surface area (Å²) in [5.74, 6) is 0.863. The lowest BCUT2D eigenvalue weighted by atomic mass is 10.2. The number of carbonyl (C=O) groups excluding carboxylic acids is 1. The summed E-state index contributed by atoms with van der Waals surface area (Å²) < 4.78 is 2.00. The fourth-order valence-corrected chi connectivity index (χ4v) is 3.88. The predicted octanol–water partition coefficient (Wildman–Crippen LogP) is 3.58. The molecule has 2 heterocycles. The van der Waals surface area contributed by atoms with Gasteiger partial charge in [0.15, 0.2) is 11.0 Å². The number of aryl methyl sites for hydroxylation is 1. The molecule has 134 valence electrons. The van der Waals surface area contributed by atoms with Crippen molar-refractivity contribution in [2.24, 2.45) is 5.10 Å². The second-order valence-corrected chi connectivity index (χ2v) is 7.71. The third-order valence-corrected chi connectivity index (χ3v) is 5.44. The second-order valence-electron chi connectivity index (χ2n) is 5.45. The molecule has 0 saturated carbocycles. The molecule has 0 aliphatic heterocycles. The molecule has 0 radical (unpaired) electrons. The molecule has 1 N–H and O–H groups in total. The van der Waals surface area contributed by atoms with E-state index in [1.807, 2.05) is 60.9 Å². The molecule has 0 fully saturated rings. The summed E-state index contributed by atoms with van der Waals surface area (Å²) in [4.78, 5) is 14.2. The molecule has 0 aliphatic rings. The number of carbonyl (C=O) groups is 1. The fourth-order valence-electron chi connectivity index (χ4n) is 2.33. The van der Waals surface area contributed by atoms with Crippen LogP contribution >= 0.6 is 23.1 Å². The van der Waals surface area contributed by atoms with Crippen LogP contribution in [0.25, 0.3) is 11.4 Å².